The maximum Gasteiger partial charge on any atom is 0.219 e. The lowest BCUT2D eigenvalue weighted by molar-refractivity contribution is -0.128. The van der Waals surface area contributed by atoms with E-state index in [1.807, 2.05) is 4.90 Å². The molecule has 0 aromatic carbocycles. The normalized spacial score (nSPS) is 32.9. The number of hydrogen-bond acceptors (Lipinski definition) is 1. The van der Waals surface area contributed by atoms with Crippen molar-refractivity contribution in [1.29, 1.82) is 0 Å². The van der Waals surface area contributed by atoms with Crippen molar-refractivity contribution in [2.24, 2.45) is 11.8 Å². The van der Waals surface area contributed by atoms with Gasteiger partial charge in [-0.3, -0.25) is 4.79 Å². The average molecular weight is 141 g/mol. The summed E-state index contributed by atoms with van der Waals surface area (Å²) in [4.78, 5) is 12.8. The lowest BCUT2D eigenvalue weighted by Crippen LogP contribution is -2.25. The van der Waals surface area contributed by atoms with E-state index in [-0.39, 0.29) is 5.91 Å². The third-order valence-corrected chi connectivity index (χ3v) is 2.43. The molecule has 1 amide bonds. The van der Waals surface area contributed by atoms with Crippen molar-refractivity contribution in [2.75, 3.05) is 13.1 Å². The first-order valence-electron chi connectivity index (χ1n) is 3.86. The molecule has 0 aliphatic carbocycles. The second-order valence-electron chi connectivity index (χ2n) is 3.38. The van der Waals surface area contributed by atoms with E-state index in [9.17, 15) is 4.79 Å². The zero-order valence-electron chi connectivity index (χ0n) is 6.92. The molecular weight excluding hydrogens is 126 g/mol. The van der Waals surface area contributed by atoms with Crippen LogP contribution in [0.5, 0.6) is 0 Å². The Morgan fingerprint density at radius 1 is 1.30 bits per heavy atom. The highest BCUT2D eigenvalue weighted by Gasteiger charge is 2.26. The Kier molecular flexibility index (Phi) is 1.97. The van der Waals surface area contributed by atoms with Crippen LogP contribution >= 0.6 is 0 Å². The molecule has 0 aromatic rings. The van der Waals surface area contributed by atoms with Crippen LogP contribution in [0.2, 0.25) is 0 Å². The molecule has 1 fully saturated rings. The first-order chi connectivity index (χ1) is 4.61. The molecule has 1 aliphatic heterocycles. The monoisotopic (exact) mass is 141 g/mol. The number of hydrogen-bond donors (Lipinski definition) is 0. The molecule has 2 nitrogen and oxygen atoms in total. The first-order valence-corrected chi connectivity index (χ1v) is 3.86. The maximum atomic E-state index is 10.9. The molecule has 1 aliphatic rings. The maximum absolute atomic E-state index is 10.9. The Morgan fingerprint density at radius 3 is 1.90 bits per heavy atom. The number of amides is 1. The van der Waals surface area contributed by atoms with Gasteiger partial charge >= 0.3 is 0 Å². The van der Waals surface area contributed by atoms with E-state index >= 15 is 0 Å². The summed E-state index contributed by atoms with van der Waals surface area (Å²) in [6.07, 6.45) is 0. The molecule has 0 N–H and O–H groups in total. The molecule has 0 saturated carbocycles. The summed E-state index contributed by atoms with van der Waals surface area (Å²) in [7, 11) is 0. The standard InChI is InChI=1S/C8H15NO/c1-6-4-9(8(3)10)5-7(6)2/h6-7H,4-5H2,1-3H3. The third-order valence-electron chi connectivity index (χ3n) is 2.43. The van der Waals surface area contributed by atoms with Crippen molar-refractivity contribution in [3.05, 3.63) is 0 Å². The van der Waals surface area contributed by atoms with Crippen LogP contribution in [0.3, 0.4) is 0 Å². The van der Waals surface area contributed by atoms with E-state index in [1.165, 1.54) is 0 Å². The molecule has 1 rings (SSSR count). The largest absolute Gasteiger partial charge is 0.342 e. The van der Waals surface area contributed by atoms with Crippen LogP contribution in [-0.2, 0) is 4.79 Å². The van der Waals surface area contributed by atoms with Crippen LogP contribution < -0.4 is 0 Å². The van der Waals surface area contributed by atoms with Crippen molar-refractivity contribution >= 4 is 5.91 Å². The van der Waals surface area contributed by atoms with Gasteiger partial charge in [0.05, 0.1) is 0 Å². The predicted octanol–water partition coefficient (Wildman–Crippen LogP) is 1.12. The summed E-state index contributed by atoms with van der Waals surface area (Å²) in [6, 6.07) is 0. The fraction of sp³-hybridized carbons (Fsp3) is 0.875. The first kappa shape index (κ1) is 7.58. The Labute approximate surface area is 62.2 Å². The SMILES string of the molecule is CC(=O)N1CC(C)C(C)C1. The van der Waals surface area contributed by atoms with Gasteiger partial charge in [-0.2, -0.15) is 0 Å². The summed E-state index contributed by atoms with van der Waals surface area (Å²) >= 11 is 0. The van der Waals surface area contributed by atoms with Crippen LogP contribution in [0.25, 0.3) is 0 Å². The summed E-state index contributed by atoms with van der Waals surface area (Å²) in [6.45, 7) is 7.96. The van der Waals surface area contributed by atoms with Gasteiger partial charge in [-0.25, -0.2) is 0 Å². The molecular formula is C8H15NO. The zero-order valence-corrected chi connectivity index (χ0v) is 6.92. The second-order valence-corrected chi connectivity index (χ2v) is 3.38. The zero-order chi connectivity index (χ0) is 7.72. The van der Waals surface area contributed by atoms with Gasteiger partial charge in [0.15, 0.2) is 0 Å². The molecule has 0 spiro atoms. The van der Waals surface area contributed by atoms with Crippen molar-refractivity contribution in [2.45, 2.75) is 20.8 Å². The minimum absolute atomic E-state index is 0.219. The van der Waals surface area contributed by atoms with E-state index in [0.717, 1.165) is 13.1 Å². The molecule has 2 heteroatoms. The van der Waals surface area contributed by atoms with Gasteiger partial charge in [-0.15, -0.1) is 0 Å². The van der Waals surface area contributed by atoms with Crippen LogP contribution in [-0.4, -0.2) is 23.9 Å². The van der Waals surface area contributed by atoms with Gasteiger partial charge in [-0.05, 0) is 11.8 Å². The second kappa shape index (κ2) is 2.60. The predicted molar refractivity (Wildman–Crippen MR) is 40.6 cm³/mol. The van der Waals surface area contributed by atoms with Gasteiger partial charge in [0.25, 0.3) is 0 Å². The van der Waals surface area contributed by atoms with Crippen LogP contribution in [0, 0.1) is 11.8 Å². The van der Waals surface area contributed by atoms with Crippen molar-refractivity contribution in [1.82, 2.24) is 4.90 Å². The number of carbonyl (C=O) groups is 1. The Hall–Kier alpha value is -0.530. The highest BCUT2D eigenvalue weighted by molar-refractivity contribution is 5.73. The Morgan fingerprint density at radius 2 is 1.70 bits per heavy atom. The molecule has 0 aromatic heterocycles. The van der Waals surface area contributed by atoms with Crippen LogP contribution in [0.4, 0.5) is 0 Å². The lowest BCUT2D eigenvalue weighted by atomic mass is 10.0. The molecule has 1 heterocycles. The minimum Gasteiger partial charge on any atom is -0.342 e. The molecule has 2 atom stereocenters. The number of rotatable bonds is 0. The van der Waals surface area contributed by atoms with E-state index < -0.39 is 0 Å². The lowest BCUT2D eigenvalue weighted by Gasteiger charge is -2.11. The van der Waals surface area contributed by atoms with E-state index in [0.29, 0.717) is 11.8 Å². The van der Waals surface area contributed by atoms with E-state index in [1.54, 1.807) is 6.92 Å². The molecule has 1 saturated heterocycles. The highest BCUT2D eigenvalue weighted by atomic mass is 16.2. The quantitative estimate of drug-likeness (QED) is 0.495. The van der Waals surface area contributed by atoms with Gasteiger partial charge in [-0.1, -0.05) is 13.8 Å². The Balaban J connectivity index is 2.49. The van der Waals surface area contributed by atoms with Crippen LogP contribution in [0.1, 0.15) is 20.8 Å². The van der Waals surface area contributed by atoms with E-state index in [2.05, 4.69) is 13.8 Å². The fourth-order valence-corrected chi connectivity index (χ4v) is 1.39. The van der Waals surface area contributed by atoms with Crippen molar-refractivity contribution < 1.29 is 4.79 Å². The fourth-order valence-electron chi connectivity index (χ4n) is 1.39. The molecule has 0 radical (unpaired) electrons. The van der Waals surface area contributed by atoms with Gasteiger partial charge in [0, 0.05) is 20.0 Å². The molecule has 0 bridgehead atoms. The van der Waals surface area contributed by atoms with Gasteiger partial charge in [0.2, 0.25) is 5.91 Å². The summed E-state index contributed by atoms with van der Waals surface area (Å²) < 4.78 is 0. The Bertz CT molecular complexity index is 134. The molecule has 2 unspecified atom stereocenters. The number of carbonyl (C=O) groups excluding carboxylic acids is 1. The topological polar surface area (TPSA) is 20.3 Å². The van der Waals surface area contributed by atoms with Gasteiger partial charge < -0.3 is 4.90 Å². The van der Waals surface area contributed by atoms with Crippen molar-refractivity contribution in [3.8, 4) is 0 Å². The minimum atomic E-state index is 0.219. The molecule has 58 valence electrons. The third kappa shape index (κ3) is 1.31. The summed E-state index contributed by atoms with van der Waals surface area (Å²) in [5.74, 6) is 1.59. The number of nitrogens with zero attached hydrogens (tertiary/aromatic N) is 1. The van der Waals surface area contributed by atoms with E-state index in [4.69, 9.17) is 0 Å². The summed E-state index contributed by atoms with van der Waals surface area (Å²) in [5, 5.41) is 0. The van der Waals surface area contributed by atoms with Crippen molar-refractivity contribution in [3.63, 3.8) is 0 Å². The summed E-state index contributed by atoms with van der Waals surface area (Å²) in [5.41, 5.74) is 0. The highest BCUT2D eigenvalue weighted by Crippen LogP contribution is 2.21. The molecule has 10 heavy (non-hydrogen) atoms. The smallest absolute Gasteiger partial charge is 0.219 e. The van der Waals surface area contributed by atoms with Crippen LogP contribution in [0.15, 0.2) is 0 Å². The number of likely N-dealkylation sites (tertiary alicyclic amines) is 1. The average Bonchev–Trinajstić information content (AvgIpc) is 2.13. The van der Waals surface area contributed by atoms with Gasteiger partial charge in [0.1, 0.15) is 0 Å².